The zero-order chi connectivity index (χ0) is 13.7. The molecule has 1 aliphatic rings. The van der Waals surface area contributed by atoms with Gasteiger partial charge in [-0.3, -0.25) is 9.69 Å². The van der Waals surface area contributed by atoms with Crippen LogP contribution in [0, 0.1) is 3.57 Å². The molecule has 0 spiro atoms. The smallest absolute Gasteiger partial charge is 0.238 e. The van der Waals surface area contributed by atoms with E-state index in [1.807, 2.05) is 24.3 Å². The number of hydrogen-bond donors (Lipinski definition) is 2. The maximum absolute atomic E-state index is 12.0. The minimum atomic E-state index is 0. The van der Waals surface area contributed by atoms with Crippen molar-refractivity contribution >= 4 is 46.6 Å². The molecule has 1 aromatic carbocycles. The van der Waals surface area contributed by atoms with Crippen LogP contribution in [0.15, 0.2) is 24.3 Å². The highest BCUT2D eigenvalue weighted by Crippen LogP contribution is 2.16. The van der Waals surface area contributed by atoms with E-state index in [2.05, 4.69) is 32.8 Å². The van der Waals surface area contributed by atoms with E-state index in [1.54, 1.807) is 0 Å². The number of para-hydroxylation sites is 1. The monoisotopic (exact) mass is 411 g/mol. The number of amides is 1. The zero-order valence-corrected chi connectivity index (χ0v) is 14.0. The van der Waals surface area contributed by atoms with Gasteiger partial charge >= 0.3 is 0 Å². The number of nitrogens with zero attached hydrogens (tertiary/aromatic N) is 1. The van der Waals surface area contributed by atoms with Crippen LogP contribution in [-0.4, -0.2) is 49.7 Å². The first kappa shape index (κ1) is 17.6. The van der Waals surface area contributed by atoms with E-state index in [1.165, 1.54) is 0 Å². The first-order valence-electron chi connectivity index (χ1n) is 6.27. The molecule has 0 aliphatic carbocycles. The maximum Gasteiger partial charge on any atom is 0.238 e. The van der Waals surface area contributed by atoms with Crippen LogP contribution in [0.4, 0.5) is 5.69 Å². The number of carbonyl (C=O) groups is 1. The SMILES string of the molecule is Cl.NCC1CN(CC(=O)Nc2ccccc2I)CCO1. The molecule has 0 saturated carbocycles. The fraction of sp³-hybridized carbons (Fsp3) is 0.462. The van der Waals surface area contributed by atoms with Gasteiger partial charge in [0.25, 0.3) is 0 Å². The molecule has 0 aromatic heterocycles. The molecule has 112 valence electrons. The van der Waals surface area contributed by atoms with Crippen LogP contribution in [-0.2, 0) is 9.53 Å². The van der Waals surface area contributed by atoms with Gasteiger partial charge < -0.3 is 15.8 Å². The lowest BCUT2D eigenvalue weighted by molar-refractivity contribution is -0.119. The number of carbonyl (C=O) groups excluding carboxylic acids is 1. The summed E-state index contributed by atoms with van der Waals surface area (Å²) >= 11 is 2.21. The lowest BCUT2D eigenvalue weighted by Gasteiger charge is -2.31. The van der Waals surface area contributed by atoms with Crippen molar-refractivity contribution in [2.75, 3.05) is 38.1 Å². The first-order chi connectivity index (χ1) is 9.19. The molecule has 1 heterocycles. The molecule has 1 aromatic rings. The van der Waals surface area contributed by atoms with E-state index >= 15 is 0 Å². The number of halogens is 2. The molecule has 1 saturated heterocycles. The molecule has 1 aliphatic heterocycles. The minimum absolute atomic E-state index is 0. The summed E-state index contributed by atoms with van der Waals surface area (Å²) in [5.74, 6) is 0.00166. The molecule has 3 N–H and O–H groups in total. The average molecular weight is 412 g/mol. The van der Waals surface area contributed by atoms with Crippen molar-refractivity contribution in [1.29, 1.82) is 0 Å². The standard InChI is InChI=1S/C13H18IN3O2.ClH/c14-11-3-1-2-4-12(11)16-13(18)9-17-5-6-19-10(7-15)8-17;/h1-4,10H,5-9,15H2,(H,16,18);1H. The molecular weight excluding hydrogens is 393 g/mol. The van der Waals surface area contributed by atoms with Gasteiger partial charge in [0.15, 0.2) is 0 Å². The van der Waals surface area contributed by atoms with Crippen molar-refractivity contribution < 1.29 is 9.53 Å². The molecule has 5 nitrogen and oxygen atoms in total. The molecule has 1 unspecified atom stereocenters. The van der Waals surface area contributed by atoms with Gasteiger partial charge in [0.2, 0.25) is 5.91 Å². The topological polar surface area (TPSA) is 67.6 Å². The molecule has 1 atom stereocenters. The van der Waals surface area contributed by atoms with Gasteiger partial charge in [-0.1, -0.05) is 12.1 Å². The van der Waals surface area contributed by atoms with E-state index in [0.717, 1.165) is 22.3 Å². The van der Waals surface area contributed by atoms with Gasteiger partial charge in [-0.25, -0.2) is 0 Å². The number of ether oxygens (including phenoxy) is 1. The largest absolute Gasteiger partial charge is 0.374 e. The number of morpholine rings is 1. The van der Waals surface area contributed by atoms with Crippen LogP contribution in [0.2, 0.25) is 0 Å². The molecule has 1 amide bonds. The third kappa shape index (κ3) is 5.17. The van der Waals surface area contributed by atoms with Crippen molar-refractivity contribution in [2.24, 2.45) is 5.73 Å². The maximum atomic E-state index is 12.0. The number of benzene rings is 1. The fourth-order valence-corrected chi connectivity index (χ4v) is 2.54. The quantitative estimate of drug-likeness (QED) is 0.733. The fourth-order valence-electron chi connectivity index (χ4n) is 2.02. The predicted molar refractivity (Wildman–Crippen MR) is 90.3 cm³/mol. The van der Waals surface area contributed by atoms with Crippen LogP contribution >= 0.6 is 35.0 Å². The predicted octanol–water partition coefficient (Wildman–Crippen LogP) is 1.31. The third-order valence-corrected chi connectivity index (χ3v) is 3.94. The van der Waals surface area contributed by atoms with Gasteiger partial charge in [0.1, 0.15) is 0 Å². The first-order valence-corrected chi connectivity index (χ1v) is 7.35. The summed E-state index contributed by atoms with van der Waals surface area (Å²) in [6.45, 7) is 3.00. The van der Waals surface area contributed by atoms with E-state index in [0.29, 0.717) is 19.7 Å². The van der Waals surface area contributed by atoms with Crippen LogP contribution in [0.3, 0.4) is 0 Å². The Morgan fingerprint density at radius 1 is 1.50 bits per heavy atom. The Balaban J connectivity index is 0.00000200. The van der Waals surface area contributed by atoms with Crippen LogP contribution in [0.25, 0.3) is 0 Å². The Hall–Kier alpha value is -0.410. The Morgan fingerprint density at radius 3 is 2.95 bits per heavy atom. The zero-order valence-electron chi connectivity index (χ0n) is 11.0. The van der Waals surface area contributed by atoms with Gasteiger partial charge in [-0.2, -0.15) is 0 Å². The Labute approximate surface area is 138 Å². The van der Waals surface area contributed by atoms with Crippen molar-refractivity contribution in [3.8, 4) is 0 Å². The summed E-state index contributed by atoms with van der Waals surface area (Å²) in [4.78, 5) is 14.1. The van der Waals surface area contributed by atoms with Gasteiger partial charge in [0.05, 0.1) is 24.9 Å². The van der Waals surface area contributed by atoms with E-state index in [4.69, 9.17) is 10.5 Å². The highest BCUT2D eigenvalue weighted by atomic mass is 127. The van der Waals surface area contributed by atoms with Crippen LogP contribution in [0.1, 0.15) is 0 Å². The van der Waals surface area contributed by atoms with Crippen LogP contribution < -0.4 is 11.1 Å². The Morgan fingerprint density at radius 2 is 2.25 bits per heavy atom. The molecule has 1 fully saturated rings. The van der Waals surface area contributed by atoms with Crippen molar-refractivity contribution in [2.45, 2.75) is 6.10 Å². The minimum Gasteiger partial charge on any atom is -0.374 e. The highest BCUT2D eigenvalue weighted by Gasteiger charge is 2.21. The second kappa shape index (κ2) is 8.78. The summed E-state index contributed by atoms with van der Waals surface area (Å²) in [6.07, 6.45) is 0.0402. The number of rotatable bonds is 4. The second-order valence-electron chi connectivity index (χ2n) is 4.49. The molecule has 0 bridgehead atoms. The summed E-state index contributed by atoms with van der Waals surface area (Å²) in [6, 6.07) is 7.74. The van der Waals surface area contributed by atoms with E-state index in [-0.39, 0.29) is 24.4 Å². The van der Waals surface area contributed by atoms with Gasteiger partial charge in [-0.05, 0) is 34.7 Å². The summed E-state index contributed by atoms with van der Waals surface area (Å²) in [7, 11) is 0. The molecule has 2 rings (SSSR count). The number of anilines is 1. The molecule has 0 radical (unpaired) electrons. The third-order valence-electron chi connectivity index (χ3n) is 3.00. The lowest BCUT2D eigenvalue weighted by atomic mass is 10.2. The van der Waals surface area contributed by atoms with Crippen LogP contribution in [0.5, 0.6) is 0 Å². The number of hydrogen-bond acceptors (Lipinski definition) is 4. The van der Waals surface area contributed by atoms with E-state index < -0.39 is 0 Å². The second-order valence-corrected chi connectivity index (χ2v) is 5.65. The summed E-state index contributed by atoms with van der Waals surface area (Å²) in [5, 5.41) is 2.93. The van der Waals surface area contributed by atoms with Gasteiger partial charge in [-0.15, -0.1) is 12.4 Å². The van der Waals surface area contributed by atoms with Crippen molar-refractivity contribution in [1.82, 2.24) is 4.90 Å². The number of nitrogens with one attached hydrogen (secondary N) is 1. The van der Waals surface area contributed by atoms with Gasteiger partial charge in [0, 0.05) is 23.2 Å². The summed E-state index contributed by atoms with van der Waals surface area (Å²) in [5.41, 5.74) is 6.44. The molecule has 7 heteroatoms. The van der Waals surface area contributed by atoms with Crippen molar-refractivity contribution in [3.05, 3.63) is 27.8 Å². The van der Waals surface area contributed by atoms with Crippen molar-refractivity contribution in [3.63, 3.8) is 0 Å². The molecular formula is C13H19ClIN3O2. The van der Waals surface area contributed by atoms with E-state index in [9.17, 15) is 4.79 Å². The normalized spacial score (nSPS) is 19.2. The molecule has 20 heavy (non-hydrogen) atoms. The Kier molecular flexibility index (Phi) is 7.75. The average Bonchev–Trinajstić information content (AvgIpc) is 2.41. The highest BCUT2D eigenvalue weighted by molar-refractivity contribution is 14.1. The summed E-state index contributed by atoms with van der Waals surface area (Å²) < 4.78 is 6.51. The Bertz CT molecular complexity index is 447. The lowest BCUT2D eigenvalue weighted by Crippen LogP contribution is -2.48. The number of nitrogens with two attached hydrogens (primary N) is 1.